The minimum absolute atomic E-state index is 0.290. The summed E-state index contributed by atoms with van der Waals surface area (Å²) in [6.45, 7) is 5.21. The van der Waals surface area contributed by atoms with Gasteiger partial charge in [-0.2, -0.15) is 0 Å². The fourth-order valence-electron chi connectivity index (χ4n) is 5.18. The normalized spacial score (nSPS) is 33.7. The molecule has 4 saturated heterocycles. The van der Waals surface area contributed by atoms with Crippen molar-refractivity contribution in [3.05, 3.63) is 42.0 Å². The standard InChI is InChI=1S/C21H28N2O2/c1-3-4-5-19(24)23-14-18(15-6-8-17(25-2)9-7-15)21-20(23)16-10-12-22(21)13-11-16/h3-4,6-9,16,18,20-21H,5,10-14H2,1-2H3/b4-3+/t18-,20+,21+/m0/s1. The van der Waals surface area contributed by atoms with E-state index in [1.165, 1.54) is 31.5 Å². The van der Waals surface area contributed by atoms with E-state index in [1.54, 1.807) is 7.11 Å². The van der Waals surface area contributed by atoms with Gasteiger partial charge in [-0.15, -0.1) is 0 Å². The van der Waals surface area contributed by atoms with Gasteiger partial charge in [-0.3, -0.25) is 9.69 Å². The number of carbonyl (C=O) groups excluding carboxylic acids is 1. The first-order valence-electron chi connectivity index (χ1n) is 9.51. The SMILES string of the molecule is C/C=C/CC(=O)N1C[C@@H](c2ccc(OC)cc2)[C@@H]2[C@H]1C1CCN2CC1. The van der Waals surface area contributed by atoms with E-state index >= 15 is 0 Å². The highest BCUT2D eigenvalue weighted by molar-refractivity contribution is 5.79. The van der Waals surface area contributed by atoms with Gasteiger partial charge in [0.05, 0.1) is 13.2 Å². The molecule has 0 saturated carbocycles. The number of hydrogen-bond donors (Lipinski definition) is 0. The molecule has 0 unspecified atom stereocenters. The van der Waals surface area contributed by atoms with Gasteiger partial charge < -0.3 is 9.64 Å². The summed E-state index contributed by atoms with van der Waals surface area (Å²) in [5.74, 6) is 2.27. The van der Waals surface area contributed by atoms with Crippen LogP contribution < -0.4 is 4.74 Å². The average molecular weight is 340 g/mol. The molecular formula is C21H28N2O2. The molecule has 0 spiro atoms. The Morgan fingerprint density at radius 3 is 2.56 bits per heavy atom. The first kappa shape index (κ1) is 16.6. The third-order valence-electron chi connectivity index (χ3n) is 6.39. The van der Waals surface area contributed by atoms with E-state index in [0.29, 0.717) is 30.3 Å². The zero-order valence-corrected chi connectivity index (χ0v) is 15.2. The van der Waals surface area contributed by atoms with Crippen molar-refractivity contribution in [3.63, 3.8) is 0 Å². The lowest BCUT2D eigenvalue weighted by molar-refractivity contribution is -0.135. The molecule has 0 radical (unpaired) electrons. The summed E-state index contributed by atoms with van der Waals surface area (Å²) in [5, 5.41) is 0. The van der Waals surface area contributed by atoms with Crippen molar-refractivity contribution in [2.75, 3.05) is 26.7 Å². The van der Waals surface area contributed by atoms with Gasteiger partial charge in [0, 0.05) is 24.9 Å². The van der Waals surface area contributed by atoms with E-state index in [0.717, 1.165) is 12.3 Å². The molecule has 1 aromatic rings. The van der Waals surface area contributed by atoms with Crippen molar-refractivity contribution < 1.29 is 9.53 Å². The van der Waals surface area contributed by atoms with Crippen LogP contribution in [0.3, 0.4) is 0 Å². The molecule has 1 aromatic carbocycles. The second-order valence-corrected chi connectivity index (χ2v) is 7.55. The molecule has 134 valence electrons. The molecule has 4 nitrogen and oxygen atoms in total. The second kappa shape index (κ2) is 6.83. The van der Waals surface area contributed by atoms with Crippen LogP contribution in [-0.2, 0) is 4.79 Å². The predicted octanol–water partition coefficient (Wildman–Crippen LogP) is 3.05. The lowest BCUT2D eigenvalue weighted by Gasteiger charge is -2.51. The third-order valence-corrected chi connectivity index (χ3v) is 6.39. The first-order valence-corrected chi connectivity index (χ1v) is 9.51. The number of hydrogen-bond acceptors (Lipinski definition) is 3. The van der Waals surface area contributed by atoms with Gasteiger partial charge in [-0.1, -0.05) is 24.3 Å². The predicted molar refractivity (Wildman–Crippen MR) is 98.8 cm³/mol. The molecule has 0 aliphatic carbocycles. The van der Waals surface area contributed by atoms with Crippen molar-refractivity contribution in [2.45, 2.75) is 44.2 Å². The summed E-state index contributed by atoms with van der Waals surface area (Å²) in [5.41, 5.74) is 1.34. The lowest BCUT2D eigenvalue weighted by atomic mass is 9.75. The molecular weight excluding hydrogens is 312 g/mol. The smallest absolute Gasteiger partial charge is 0.226 e. The Kier molecular flexibility index (Phi) is 4.55. The molecule has 4 heterocycles. The molecule has 4 heteroatoms. The number of carbonyl (C=O) groups is 1. The van der Waals surface area contributed by atoms with Gasteiger partial charge in [0.25, 0.3) is 0 Å². The van der Waals surface area contributed by atoms with Crippen LogP contribution in [0.5, 0.6) is 5.75 Å². The summed E-state index contributed by atoms with van der Waals surface area (Å²) in [4.78, 5) is 17.7. The van der Waals surface area contributed by atoms with Crippen LogP contribution in [0.15, 0.2) is 36.4 Å². The van der Waals surface area contributed by atoms with Gasteiger partial charge in [-0.05, 0) is 56.5 Å². The summed E-state index contributed by atoms with van der Waals surface area (Å²) in [6.07, 6.45) is 6.97. The van der Waals surface area contributed by atoms with Crippen molar-refractivity contribution in [2.24, 2.45) is 5.92 Å². The van der Waals surface area contributed by atoms with Crippen molar-refractivity contribution in [1.29, 1.82) is 0 Å². The highest BCUT2D eigenvalue weighted by atomic mass is 16.5. The number of amides is 1. The molecule has 25 heavy (non-hydrogen) atoms. The number of likely N-dealkylation sites (tertiary alicyclic amines) is 1. The Bertz CT molecular complexity index is 646. The van der Waals surface area contributed by atoms with E-state index in [1.807, 2.05) is 31.2 Å². The molecule has 0 N–H and O–H groups in total. The van der Waals surface area contributed by atoms with E-state index in [2.05, 4.69) is 21.9 Å². The molecule has 4 aliphatic heterocycles. The highest BCUT2D eigenvalue weighted by Gasteiger charge is 2.54. The quantitative estimate of drug-likeness (QED) is 0.790. The number of nitrogens with zero attached hydrogens (tertiary/aromatic N) is 2. The maximum atomic E-state index is 12.8. The summed E-state index contributed by atoms with van der Waals surface area (Å²) in [6, 6.07) is 9.34. The molecule has 1 amide bonds. The third kappa shape index (κ3) is 2.86. The maximum absolute atomic E-state index is 12.8. The zero-order chi connectivity index (χ0) is 17.4. The Balaban J connectivity index is 1.64. The van der Waals surface area contributed by atoms with Crippen LogP contribution in [0.2, 0.25) is 0 Å². The van der Waals surface area contributed by atoms with E-state index in [-0.39, 0.29) is 5.91 Å². The average Bonchev–Trinajstić information content (AvgIpc) is 3.10. The van der Waals surface area contributed by atoms with Gasteiger partial charge in [0.1, 0.15) is 5.75 Å². The second-order valence-electron chi connectivity index (χ2n) is 7.55. The minimum Gasteiger partial charge on any atom is -0.497 e. The number of benzene rings is 1. The minimum atomic E-state index is 0.290. The van der Waals surface area contributed by atoms with Crippen LogP contribution >= 0.6 is 0 Å². The maximum Gasteiger partial charge on any atom is 0.226 e. The van der Waals surface area contributed by atoms with Crippen LogP contribution in [0.4, 0.5) is 0 Å². The Morgan fingerprint density at radius 2 is 1.92 bits per heavy atom. The fourth-order valence-corrected chi connectivity index (χ4v) is 5.18. The van der Waals surface area contributed by atoms with Crippen LogP contribution in [0, 0.1) is 5.92 Å². The van der Waals surface area contributed by atoms with Crippen molar-refractivity contribution in [3.8, 4) is 5.75 Å². The zero-order valence-electron chi connectivity index (χ0n) is 15.2. The monoisotopic (exact) mass is 340 g/mol. The molecule has 4 aliphatic rings. The van der Waals surface area contributed by atoms with Gasteiger partial charge in [-0.25, -0.2) is 0 Å². The van der Waals surface area contributed by atoms with Crippen LogP contribution in [0.25, 0.3) is 0 Å². The summed E-state index contributed by atoms with van der Waals surface area (Å²) < 4.78 is 5.31. The molecule has 3 atom stereocenters. The Morgan fingerprint density at radius 1 is 1.20 bits per heavy atom. The van der Waals surface area contributed by atoms with Crippen molar-refractivity contribution >= 4 is 5.91 Å². The molecule has 0 aromatic heterocycles. The fraction of sp³-hybridized carbons (Fsp3) is 0.571. The van der Waals surface area contributed by atoms with Gasteiger partial charge >= 0.3 is 0 Å². The number of piperidine rings is 3. The topological polar surface area (TPSA) is 32.8 Å². The van der Waals surface area contributed by atoms with Crippen LogP contribution in [-0.4, -0.2) is 54.5 Å². The molecule has 5 rings (SSSR count). The van der Waals surface area contributed by atoms with E-state index in [9.17, 15) is 4.79 Å². The van der Waals surface area contributed by atoms with Crippen molar-refractivity contribution in [1.82, 2.24) is 9.80 Å². The number of allylic oxidation sites excluding steroid dienone is 1. The Labute approximate surface area is 150 Å². The summed E-state index contributed by atoms with van der Waals surface area (Å²) >= 11 is 0. The highest BCUT2D eigenvalue weighted by Crippen LogP contribution is 2.46. The number of rotatable bonds is 4. The molecule has 2 bridgehead atoms. The lowest BCUT2D eigenvalue weighted by Crippen LogP contribution is -2.60. The summed E-state index contributed by atoms with van der Waals surface area (Å²) in [7, 11) is 1.70. The first-order chi connectivity index (χ1) is 12.2. The van der Waals surface area contributed by atoms with E-state index < -0.39 is 0 Å². The Hall–Kier alpha value is -1.81. The number of ether oxygens (including phenoxy) is 1. The number of fused-ring (bicyclic) bond motifs is 2. The van der Waals surface area contributed by atoms with E-state index in [4.69, 9.17) is 4.74 Å². The van der Waals surface area contributed by atoms with Gasteiger partial charge in [0.15, 0.2) is 0 Å². The van der Waals surface area contributed by atoms with Crippen LogP contribution in [0.1, 0.15) is 37.7 Å². The largest absolute Gasteiger partial charge is 0.497 e. The molecule has 4 fully saturated rings. The van der Waals surface area contributed by atoms with Gasteiger partial charge in [0.2, 0.25) is 5.91 Å². The number of methoxy groups -OCH3 is 1.